The monoisotopic (exact) mass is 307 g/mol. The van der Waals surface area contributed by atoms with Crippen molar-refractivity contribution < 1.29 is 13.0 Å². The third-order valence-corrected chi connectivity index (χ3v) is 4.31. The molecule has 0 saturated carbocycles. The topological polar surface area (TPSA) is 29.4 Å². The van der Waals surface area contributed by atoms with E-state index in [0.717, 1.165) is 0 Å². The van der Waals surface area contributed by atoms with Gasteiger partial charge in [0.1, 0.15) is 11.0 Å². The molecule has 19 heavy (non-hydrogen) atoms. The molecule has 0 heterocycles. The van der Waals surface area contributed by atoms with Gasteiger partial charge in [-0.25, -0.2) is 13.0 Å². The van der Waals surface area contributed by atoms with Crippen LogP contribution in [0, 0.1) is 0 Å². The van der Waals surface area contributed by atoms with Crippen LogP contribution < -0.4 is 0 Å². The lowest BCUT2D eigenvalue weighted by Gasteiger charge is -2.15. The highest BCUT2D eigenvalue weighted by Gasteiger charge is 2.21. The Bertz CT molecular complexity index is 524. The van der Waals surface area contributed by atoms with Crippen LogP contribution in [0.4, 0.5) is 8.78 Å². The van der Waals surface area contributed by atoms with Crippen molar-refractivity contribution in [2.75, 3.05) is 0 Å². The molecule has 1 atom stereocenters. The van der Waals surface area contributed by atoms with Gasteiger partial charge in [-0.2, -0.15) is 4.40 Å². The lowest BCUT2D eigenvalue weighted by molar-refractivity contribution is 0.151. The Balaban J connectivity index is 3.21. The summed E-state index contributed by atoms with van der Waals surface area (Å²) in [5.41, 5.74) is 0.535. The number of benzene rings is 1. The number of hydrogen-bond acceptors (Lipinski definition) is 1. The van der Waals surface area contributed by atoms with E-state index in [-0.39, 0.29) is 10.6 Å². The molecule has 1 rings (SSSR count). The van der Waals surface area contributed by atoms with Crippen molar-refractivity contribution >= 4 is 28.3 Å². The number of halogens is 3. The Morgan fingerprint density at radius 3 is 2.42 bits per heavy atom. The van der Waals surface area contributed by atoms with Crippen molar-refractivity contribution in [3.8, 4) is 0 Å². The van der Waals surface area contributed by atoms with Gasteiger partial charge in [-0.05, 0) is 27.7 Å². The molecule has 0 aromatic heterocycles. The van der Waals surface area contributed by atoms with E-state index in [2.05, 4.69) is 4.40 Å². The van der Waals surface area contributed by atoms with Gasteiger partial charge in [0.2, 0.25) is 0 Å². The Hall–Kier alpha value is -0.810. The van der Waals surface area contributed by atoms with E-state index in [0.29, 0.717) is 11.3 Å². The largest absolute Gasteiger partial charge is 0.265 e. The number of hydrogen-bond donors (Lipinski definition) is 0. The molecule has 0 fully saturated rings. The van der Waals surface area contributed by atoms with Crippen LogP contribution in [0.2, 0.25) is 5.02 Å². The highest BCUT2D eigenvalue weighted by atomic mass is 35.5. The Labute approximate surface area is 119 Å². The maximum absolute atomic E-state index is 12.7. The molecule has 0 radical (unpaired) electrons. The molecule has 0 amide bonds. The summed E-state index contributed by atoms with van der Waals surface area (Å²) < 4.78 is 40.9. The predicted octanol–water partition coefficient (Wildman–Crippen LogP) is 4.55. The molecule has 1 aromatic rings. The molecule has 2 nitrogen and oxygen atoms in total. The number of nitrogens with zero attached hydrogens (tertiary/aromatic N) is 1. The quantitative estimate of drug-likeness (QED) is 0.753. The molecule has 0 spiro atoms. The van der Waals surface area contributed by atoms with Crippen LogP contribution in [-0.4, -0.2) is 14.7 Å². The van der Waals surface area contributed by atoms with Crippen LogP contribution in [0.25, 0.3) is 0 Å². The second-order valence-corrected chi connectivity index (χ2v) is 7.33. The van der Waals surface area contributed by atoms with Crippen LogP contribution in [-0.2, 0) is 11.0 Å². The first-order valence-electron chi connectivity index (χ1n) is 5.69. The summed E-state index contributed by atoms with van der Waals surface area (Å²) >= 11 is 5.94. The van der Waals surface area contributed by atoms with Gasteiger partial charge in [0.05, 0.1) is 15.5 Å². The first-order valence-corrected chi connectivity index (χ1v) is 7.17. The zero-order valence-corrected chi connectivity index (χ0v) is 12.8. The zero-order chi connectivity index (χ0) is 14.8. The maximum Gasteiger partial charge on any atom is 0.265 e. The Morgan fingerprint density at radius 1 is 1.37 bits per heavy atom. The van der Waals surface area contributed by atoms with Crippen LogP contribution in [0.3, 0.4) is 0 Å². The normalized spacial score (nSPS) is 14.8. The Kier molecular flexibility index (Phi) is 5.21. The smallest absolute Gasteiger partial charge is 0.234 e. The van der Waals surface area contributed by atoms with Gasteiger partial charge in [0.25, 0.3) is 6.43 Å². The van der Waals surface area contributed by atoms with Gasteiger partial charge in [-0.3, -0.25) is 0 Å². The molecule has 1 unspecified atom stereocenters. The third-order valence-electron chi connectivity index (χ3n) is 2.40. The summed E-state index contributed by atoms with van der Waals surface area (Å²) in [6.07, 6.45) is -2.65. The lowest BCUT2D eigenvalue weighted by Crippen LogP contribution is -2.20. The van der Waals surface area contributed by atoms with E-state index < -0.39 is 22.2 Å². The molecule has 6 heteroatoms. The summed E-state index contributed by atoms with van der Waals surface area (Å²) in [6, 6.07) is 4.35. The summed E-state index contributed by atoms with van der Waals surface area (Å²) in [5, 5.41) is -0.0374. The number of rotatable bonds is 3. The average molecular weight is 308 g/mol. The van der Waals surface area contributed by atoms with Gasteiger partial charge in [-0.15, -0.1) is 0 Å². The van der Waals surface area contributed by atoms with Crippen molar-refractivity contribution in [2.24, 2.45) is 4.40 Å². The fraction of sp³-hybridized carbons (Fsp3) is 0.462. The SMILES string of the molecule is C/C(=N/S(=O)C(C)(C)C)c1cccc(C(F)F)c1Cl. The van der Waals surface area contributed by atoms with Crippen molar-refractivity contribution in [3.05, 3.63) is 34.3 Å². The Morgan fingerprint density at radius 2 is 1.95 bits per heavy atom. The van der Waals surface area contributed by atoms with Crippen molar-refractivity contribution in [1.82, 2.24) is 0 Å². The van der Waals surface area contributed by atoms with Crippen LogP contribution in [0.5, 0.6) is 0 Å². The highest BCUT2D eigenvalue weighted by molar-refractivity contribution is 7.85. The summed E-state index contributed by atoms with van der Waals surface area (Å²) in [6.45, 7) is 6.98. The first-order chi connectivity index (χ1) is 8.64. The fourth-order valence-electron chi connectivity index (χ4n) is 1.31. The fourth-order valence-corrected chi connectivity index (χ4v) is 2.27. The third kappa shape index (κ3) is 4.08. The van der Waals surface area contributed by atoms with Crippen molar-refractivity contribution in [2.45, 2.75) is 38.9 Å². The summed E-state index contributed by atoms with van der Waals surface area (Å²) in [5.74, 6) is 0. The molecule has 0 N–H and O–H groups in total. The van der Waals surface area contributed by atoms with Crippen LogP contribution in [0.1, 0.15) is 45.2 Å². The second-order valence-electron chi connectivity index (χ2n) is 5.05. The van der Waals surface area contributed by atoms with Gasteiger partial charge < -0.3 is 0 Å². The average Bonchev–Trinajstić information content (AvgIpc) is 2.27. The molecule has 0 bridgehead atoms. The van der Waals surface area contributed by atoms with E-state index >= 15 is 0 Å². The molecule has 106 valence electrons. The van der Waals surface area contributed by atoms with Gasteiger partial charge in [0.15, 0.2) is 0 Å². The molecule has 0 aliphatic heterocycles. The van der Waals surface area contributed by atoms with Gasteiger partial charge >= 0.3 is 0 Å². The highest BCUT2D eigenvalue weighted by Crippen LogP contribution is 2.30. The van der Waals surface area contributed by atoms with Crippen molar-refractivity contribution in [3.63, 3.8) is 0 Å². The van der Waals surface area contributed by atoms with E-state index in [1.54, 1.807) is 33.8 Å². The second kappa shape index (κ2) is 6.09. The molecular weight excluding hydrogens is 292 g/mol. The molecule has 0 saturated heterocycles. The van der Waals surface area contributed by atoms with E-state index in [1.807, 2.05) is 0 Å². The van der Waals surface area contributed by atoms with Gasteiger partial charge in [0, 0.05) is 11.1 Å². The van der Waals surface area contributed by atoms with Crippen LogP contribution in [0.15, 0.2) is 22.6 Å². The minimum atomic E-state index is -2.65. The van der Waals surface area contributed by atoms with Crippen LogP contribution >= 0.6 is 11.6 Å². The lowest BCUT2D eigenvalue weighted by atomic mass is 10.1. The first kappa shape index (κ1) is 16.2. The standard InChI is InChI=1S/C13H16ClF2NOS/c1-8(17-19(18)13(2,3)4)9-6-5-7-10(11(9)14)12(15)16/h5-7,12H,1-4H3/b17-8-. The predicted molar refractivity (Wildman–Crippen MR) is 76.5 cm³/mol. The van der Waals surface area contributed by atoms with Crippen molar-refractivity contribution in [1.29, 1.82) is 0 Å². The molecule has 0 aliphatic carbocycles. The van der Waals surface area contributed by atoms with Gasteiger partial charge in [-0.1, -0.05) is 29.8 Å². The van der Waals surface area contributed by atoms with E-state index in [4.69, 9.17) is 11.6 Å². The summed E-state index contributed by atoms with van der Waals surface area (Å²) in [7, 11) is -1.45. The maximum atomic E-state index is 12.7. The van der Waals surface area contributed by atoms with E-state index in [9.17, 15) is 13.0 Å². The zero-order valence-electron chi connectivity index (χ0n) is 11.2. The minimum absolute atomic E-state index is 0.0374. The van der Waals surface area contributed by atoms with E-state index in [1.165, 1.54) is 12.1 Å². The summed E-state index contributed by atoms with van der Waals surface area (Å²) in [4.78, 5) is 0. The molecule has 1 aromatic carbocycles. The minimum Gasteiger partial charge on any atom is -0.234 e. The molecular formula is C13H16ClF2NOS. The molecule has 0 aliphatic rings. The number of alkyl halides is 2.